The molecule has 0 radical (unpaired) electrons. The summed E-state index contributed by atoms with van der Waals surface area (Å²) in [5, 5.41) is 15.6. The first-order chi connectivity index (χ1) is 13.5. The number of rotatable bonds is 8. The minimum Gasteiger partial charge on any atom is -0.443 e. The fourth-order valence-electron chi connectivity index (χ4n) is 3.02. The fourth-order valence-corrected chi connectivity index (χ4v) is 3.15. The Morgan fingerprint density at radius 3 is 2.75 bits per heavy atom. The van der Waals surface area contributed by atoms with Crippen molar-refractivity contribution in [1.29, 1.82) is 0 Å². The van der Waals surface area contributed by atoms with Crippen molar-refractivity contribution in [1.82, 2.24) is 5.32 Å². The molecule has 0 bridgehead atoms. The van der Waals surface area contributed by atoms with Crippen molar-refractivity contribution in [3.05, 3.63) is 58.9 Å². The molecule has 1 aliphatic rings. The largest absolute Gasteiger partial charge is 0.443 e. The summed E-state index contributed by atoms with van der Waals surface area (Å²) in [4.78, 5) is 13.6. The van der Waals surface area contributed by atoms with Crippen molar-refractivity contribution in [2.45, 2.75) is 19.1 Å². The Labute approximate surface area is 168 Å². The van der Waals surface area contributed by atoms with Gasteiger partial charge in [0.2, 0.25) is 0 Å². The summed E-state index contributed by atoms with van der Waals surface area (Å²) in [5.74, 6) is -0.489. The number of hydrogen-bond acceptors (Lipinski definition) is 5. The average Bonchev–Trinajstić information content (AvgIpc) is 3.06. The lowest BCUT2D eigenvalue weighted by Crippen LogP contribution is -2.32. The molecule has 1 fully saturated rings. The normalized spacial score (nSPS) is 17.5. The van der Waals surface area contributed by atoms with Gasteiger partial charge in [-0.05, 0) is 42.8 Å². The Hall–Kier alpha value is -2.35. The van der Waals surface area contributed by atoms with E-state index in [1.807, 2.05) is 31.2 Å². The summed E-state index contributed by atoms with van der Waals surface area (Å²) >= 11 is 5.91. The molecular formula is C20H23ClFN3O3. The minimum absolute atomic E-state index is 0.0688. The highest BCUT2D eigenvalue weighted by Gasteiger charge is 2.32. The molecule has 2 aromatic carbocycles. The van der Waals surface area contributed by atoms with Crippen molar-refractivity contribution in [3.63, 3.8) is 0 Å². The van der Waals surface area contributed by atoms with Gasteiger partial charge in [-0.2, -0.15) is 0 Å². The Morgan fingerprint density at radius 2 is 2.07 bits per heavy atom. The molecule has 6 nitrogen and oxygen atoms in total. The number of cyclic esters (lactones) is 1. The number of nitrogens with zero attached hydrogens (tertiary/aromatic N) is 1. The topological polar surface area (TPSA) is 73.8 Å². The molecule has 2 atom stereocenters. The Kier molecular flexibility index (Phi) is 6.72. The number of halogens is 2. The molecule has 2 aromatic rings. The molecule has 28 heavy (non-hydrogen) atoms. The fraction of sp³-hybridized carbons (Fsp3) is 0.350. The van der Waals surface area contributed by atoms with E-state index in [0.29, 0.717) is 23.8 Å². The van der Waals surface area contributed by atoms with Crippen LogP contribution in [0, 0.1) is 5.82 Å². The summed E-state index contributed by atoms with van der Waals surface area (Å²) in [6, 6.07) is 12.1. The van der Waals surface area contributed by atoms with Crippen LogP contribution >= 0.6 is 11.6 Å². The number of amides is 1. The lowest BCUT2D eigenvalue weighted by Gasteiger charge is -2.17. The number of carbonyl (C=O) groups is 1. The zero-order valence-corrected chi connectivity index (χ0v) is 16.2. The average molecular weight is 408 g/mol. The van der Waals surface area contributed by atoms with Crippen LogP contribution in [0.3, 0.4) is 0 Å². The van der Waals surface area contributed by atoms with E-state index in [1.165, 1.54) is 11.0 Å². The summed E-state index contributed by atoms with van der Waals surface area (Å²) in [6.07, 6.45) is -0.834. The van der Waals surface area contributed by atoms with Gasteiger partial charge in [0.1, 0.15) is 11.9 Å². The van der Waals surface area contributed by atoms with Crippen molar-refractivity contribution in [2.75, 3.05) is 36.5 Å². The lowest BCUT2D eigenvalue weighted by molar-refractivity contribution is 0.138. The van der Waals surface area contributed by atoms with Gasteiger partial charge in [0, 0.05) is 24.2 Å². The third-order valence-corrected chi connectivity index (χ3v) is 4.84. The highest BCUT2D eigenvalue weighted by Crippen LogP contribution is 2.26. The summed E-state index contributed by atoms with van der Waals surface area (Å²) in [7, 11) is 0. The maximum absolute atomic E-state index is 14.2. The number of aliphatic hydroxyl groups excluding tert-OH is 1. The van der Waals surface area contributed by atoms with E-state index in [1.54, 1.807) is 12.1 Å². The molecule has 1 amide bonds. The number of ether oxygens (including phenoxy) is 1. The SMILES string of the molecule is C[C@H](NC[C@H]1CN(c2ccc(NCCO)c(F)c2)C(=O)O1)c1ccc(Cl)cc1. The van der Waals surface area contributed by atoms with Gasteiger partial charge < -0.3 is 20.5 Å². The predicted molar refractivity (Wildman–Crippen MR) is 107 cm³/mol. The Balaban J connectivity index is 1.57. The van der Waals surface area contributed by atoms with Crippen molar-refractivity contribution in [3.8, 4) is 0 Å². The zero-order valence-electron chi connectivity index (χ0n) is 15.5. The van der Waals surface area contributed by atoms with Gasteiger partial charge in [-0.15, -0.1) is 0 Å². The van der Waals surface area contributed by atoms with E-state index in [-0.39, 0.29) is 31.0 Å². The standard InChI is InChI=1S/C20H23ClFN3O3/c1-13(14-2-4-15(21)5-3-14)24-11-17-12-25(20(27)28-17)16-6-7-19(18(22)10-16)23-8-9-26/h2-7,10,13,17,23-24,26H,8-9,11-12H2,1H3/t13-,17-/m0/s1. The van der Waals surface area contributed by atoms with E-state index in [0.717, 1.165) is 5.56 Å². The molecule has 8 heteroatoms. The van der Waals surface area contributed by atoms with Gasteiger partial charge in [0.05, 0.1) is 24.5 Å². The number of anilines is 2. The third-order valence-electron chi connectivity index (χ3n) is 4.59. The van der Waals surface area contributed by atoms with Gasteiger partial charge >= 0.3 is 6.09 Å². The van der Waals surface area contributed by atoms with Gasteiger partial charge in [0.25, 0.3) is 0 Å². The van der Waals surface area contributed by atoms with Crippen LogP contribution in [0.4, 0.5) is 20.6 Å². The van der Waals surface area contributed by atoms with Crippen LogP contribution in [0.5, 0.6) is 0 Å². The molecule has 0 spiro atoms. The van der Waals surface area contributed by atoms with Crippen LogP contribution in [0.25, 0.3) is 0 Å². The second kappa shape index (κ2) is 9.23. The van der Waals surface area contributed by atoms with Crippen LogP contribution in [0.2, 0.25) is 5.02 Å². The van der Waals surface area contributed by atoms with Crippen LogP contribution in [0.1, 0.15) is 18.5 Å². The predicted octanol–water partition coefficient (Wildman–Crippen LogP) is 3.56. The first-order valence-electron chi connectivity index (χ1n) is 9.09. The number of hydrogen-bond donors (Lipinski definition) is 3. The summed E-state index contributed by atoms with van der Waals surface area (Å²) < 4.78 is 19.6. The van der Waals surface area contributed by atoms with Crippen LogP contribution in [-0.4, -0.2) is 43.5 Å². The van der Waals surface area contributed by atoms with E-state index < -0.39 is 11.9 Å². The van der Waals surface area contributed by atoms with Crippen molar-refractivity contribution < 1.29 is 19.0 Å². The smallest absolute Gasteiger partial charge is 0.414 e. The van der Waals surface area contributed by atoms with Crippen LogP contribution in [0.15, 0.2) is 42.5 Å². The molecule has 150 valence electrons. The Morgan fingerprint density at radius 1 is 1.32 bits per heavy atom. The Bertz CT molecular complexity index is 819. The lowest BCUT2D eigenvalue weighted by atomic mass is 10.1. The van der Waals surface area contributed by atoms with Crippen LogP contribution in [-0.2, 0) is 4.74 Å². The number of carbonyl (C=O) groups excluding carboxylic acids is 1. The molecule has 1 saturated heterocycles. The molecule has 1 heterocycles. The van der Waals surface area contributed by atoms with Gasteiger partial charge in [-0.25, -0.2) is 9.18 Å². The monoisotopic (exact) mass is 407 g/mol. The second-order valence-electron chi connectivity index (χ2n) is 6.61. The molecule has 0 aliphatic carbocycles. The molecule has 0 unspecified atom stereocenters. The minimum atomic E-state index is -0.499. The molecule has 1 aliphatic heterocycles. The molecule has 0 aromatic heterocycles. The molecule has 3 N–H and O–H groups in total. The number of nitrogens with one attached hydrogen (secondary N) is 2. The third kappa shape index (κ3) is 4.92. The van der Waals surface area contributed by atoms with Gasteiger partial charge in [-0.3, -0.25) is 4.90 Å². The van der Waals surface area contributed by atoms with E-state index in [9.17, 15) is 9.18 Å². The highest BCUT2D eigenvalue weighted by atomic mass is 35.5. The van der Waals surface area contributed by atoms with Gasteiger partial charge in [0.15, 0.2) is 0 Å². The van der Waals surface area contributed by atoms with Crippen LogP contribution < -0.4 is 15.5 Å². The second-order valence-corrected chi connectivity index (χ2v) is 7.05. The van der Waals surface area contributed by atoms with Crippen molar-refractivity contribution >= 4 is 29.1 Å². The van der Waals surface area contributed by atoms with E-state index >= 15 is 0 Å². The van der Waals surface area contributed by atoms with E-state index in [2.05, 4.69) is 10.6 Å². The molecule has 0 saturated carbocycles. The summed E-state index contributed by atoms with van der Waals surface area (Å²) in [5.41, 5.74) is 1.80. The molecule has 3 rings (SSSR count). The maximum atomic E-state index is 14.2. The zero-order chi connectivity index (χ0) is 20.1. The quantitative estimate of drug-likeness (QED) is 0.624. The summed E-state index contributed by atoms with van der Waals surface area (Å²) in [6.45, 7) is 2.99. The first-order valence-corrected chi connectivity index (χ1v) is 9.47. The van der Waals surface area contributed by atoms with E-state index in [4.69, 9.17) is 21.4 Å². The number of benzene rings is 2. The van der Waals surface area contributed by atoms with Crippen molar-refractivity contribution in [2.24, 2.45) is 0 Å². The first kappa shape index (κ1) is 20.4. The van der Waals surface area contributed by atoms with Gasteiger partial charge in [-0.1, -0.05) is 23.7 Å². The maximum Gasteiger partial charge on any atom is 0.414 e. The molecular weight excluding hydrogens is 385 g/mol. The highest BCUT2D eigenvalue weighted by molar-refractivity contribution is 6.30. The number of aliphatic hydroxyl groups is 1.